The third-order valence-corrected chi connectivity index (χ3v) is 2.76. The highest BCUT2D eigenvalue weighted by Gasteiger charge is 2.13. The van der Waals surface area contributed by atoms with Crippen molar-refractivity contribution in [2.45, 2.75) is 25.7 Å². The Balaban J connectivity index is 2.37. The van der Waals surface area contributed by atoms with Gasteiger partial charge in [0.2, 0.25) is 5.91 Å². The van der Waals surface area contributed by atoms with Crippen LogP contribution in [-0.4, -0.2) is 24.8 Å². The molecule has 0 aliphatic rings. The van der Waals surface area contributed by atoms with Crippen LogP contribution < -0.4 is 11.1 Å². The molecule has 0 fully saturated rings. The van der Waals surface area contributed by atoms with E-state index in [-0.39, 0.29) is 24.3 Å². The van der Waals surface area contributed by atoms with Crippen molar-refractivity contribution in [3.05, 3.63) is 35.4 Å². The van der Waals surface area contributed by atoms with E-state index in [0.717, 1.165) is 25.0 Å². The first kappa shape index (κ1) is 16.2. The highest BCUT2D eigenvalue weighted by Crippen LogP contribution is 2.12. The lowest BCUT2D eigenvalue weighted by molar-refractivity contribution is -0.121. The number of halogens is 2. The minimum absolute atomic E-state index is 0.0156. The van der Waals surface area contributed by atoms with Gasteiger partial charge in [0.05, 0.1) is 5.56 Å². The van der Waals surface area contributed by atoms with Crippen molar-refractivity contribution < 1.29 is 18.4 Å². The molecule has 0 saturated carbocycles. The molecule has 1 amide bonds. The first-order valence-corrected chi connectivity index (χ1v) is 6.49. The Bertz CT molecular complexity index is 478. The average molecular weight is 284 g/mol. The summed E-state index contributed by atoms with van der Waals surface area (Å²) in [6.45, 7) is 1.08. The van der Waals surface area contributed by atoms with Crippen LogP contribution in [0.25, 0.3) is 0 Å². The Kier molecular flexibility index (Phi) is 6.79. The molecule has 6 heteroatoms. The molecule has 110 valence electrons. The number of nitrogens with one attached hydrogen (secondary N) is 1. The predicted molar refractivity (Wildman–Crippen MR) is 71.2 cm³/mol. The highest BCUT2D eigenvalue weighted by atomic mass is 19.1. The normalized spacial score (nSPS) is 10.3. The van der Waals surface area contributed by atoms with Gasteiger partial charge in [-0.3, -0.25) is 9.59 Å². The summed E-state index contributed by atoms with van der Waals surface area (Å²) < 4.78 is 26.0. The van der Waals surface area contributed by atoms with Crippen molar-refractivity contribution in [2.75, 3.05) is 13.1 Å². The predicted octanol–water partition coefficient (Wildman–Crippen LogP) is 1.78. The molecule has 4 nitrogen and oxygen atoms in total. The van der Waals surface area contributed by atoms with E-state index in [9.17, 15) is 18.4 Å². The van der Waals surface area contributed by atoms with Gasteiger partial charge < -0.3 is 11.1 Å². The molecule has 3 N–H and O–H groups in total. The summed E-state index contributed by atoms with van der Waals surface area (Å²) >= 11 is 0. The molecular formula is C14H18F2N2O2. The third-order valence-electron chi connectivity index (χ3n) is 2.76. The molecule has 0 unspecified atom stereocenters. The Hall–Kier alpha value is -1.82. The summed E-state index contributed by atoms with van der Waals surface area (Å²) in [6, 6.07) is 2.76. The molecule has 0 saturated heterocycles. The monoisotopic (exact) mass is 284 g/mol. The summed E-state index contributed by atoms with van der Waals surface area (Å²) in [5.74, 6) is -2.42. The van der Waals surface area contributed by atoms with E-state index >= 15 is 0 Å². The number of nitrogens with two attached hydrogens (primary N) is 1. The molecule has 20 heavy (non-hydrogen) atoms. The topological polar surface area (TPSA) is 72.2 Å². The summed E-state index contributed by atoms with van der Waals surface area (Å²) in [5, 5.41) is 2.65. The molecule has 1 rings (SSSR count). The number of unbranched alkanes of at least 4 members (excludes halogenated alkanes) is 1. The maximum absolute atomic E-state index is 13.3. The molecule has 0 radical (unpaired) electrons. The van der Waals surface area contributed by atoms with Crippen LogP contribution in [0.4, 0.5) is 8.78 Å². The van der Waals surface area contributed by atoms with Gasteiger partial charge in [0, 0.05) is 25.5 Å². The number of ketones is 1. The van der Waals surface area contributed by atoms with E-state index in [1.807, 2.05) is 0 Å². The Labute approximate surface area is 116 Å². The van der Waals surface area contributed by atoms with Gasteiger partial charge in [-0.1, -0.05) is 0 Å². The Morgan fingerprint density at radius 2 is 1.90 bits per heavy atom. The molecule has 0 atom stereocenters. The van der Waals surface area contributed by atoms with Crippen LogP contribution in [0.3, 0.4) is 0 Å². The fourth-order valence-corrected chi connectivity index (χ4v) is 1.66. The SMILES string of the molecule is NCCCCNC(=O)CCC(=O)c1ccc(F)cc1F. The first-order chi connectivity index (χ1) is 9.54. The number of carbonyl (C=O) groups is 2. The van der Waals surface area contributed by atoms with Crippen molar-refractivity contribution in [2.24, 2.45) is 5.73 Å². The fraction of sp³-hybridized carbons (Fsp3) is 0.429. The lowest BCUT2D eigenvalue weighted by Gasteiger charge is -2.05. The van der Waals surface area contributed by atoms with Crippen LogP contribution in [0.2, 0.25) is 0 Å². The maximum atomic E-state index is 13.3. The standard InChI is InChI=1S/C14H18F2N2O2/c15-10-3-4-11(12(16)9-10)13(19)5-6-14(20)18-8-2-1-7-17/h3-4,9H,1-2,5-8,17H2,(H,18,20). The first-order valence-electron chi connectivity index (χ1n) is 6.49. The number of hydrogen-bond donors (Lipinski definition) is 2. The maximum Gasteiger partial charge on any atom is 0.220 e. The van der Waals surface area contributed by atoms with Gasteiger partial charge in [-0.15, -0.1) is 0 Å². The fourth-order valence-electron chi connectivity index (χ4n) is 1.66. The zero-order valence-electron chi connectivity index (χ0n) is 11.1. The second-order valence-corrected chi connectivity index (χ2v) is 4.39. The van der Waals surface area contributed by atoms with Gasteiger partial charge in [-0.05, 0) is 31.5 Å². The Morgan fingerprint density at radius 1 is 1.15 bits per heavy atom. The molecule has 0 aromatic heterocycles. The van der Waals surface area contributed by atoms with Crippen molar-refractivity contribution in [3.8, 4) is 0 Å². The van der Waals surface area contributed by atoms with E-state index in [4.69, 9.17) is 5.73 Å². The number of amides is 1. The van der Waals surface area contributed by atoms with Gasteiger partial charge in [-0.2, -0.15) is 0 Å². The molecule has 0 aliphatic carbocycles. The highest BCUT2D eigenvalue weighted by molar-refractivity contribution is 5.98. The van der Waals surface area contributed by atoms with Crippen LogP contribution in [-0.2, 0) is 4.79 Å². The largest absolute Gasteiger partial charge is 0.356 e. The Morgan fingerprint density at radius 3 is 2.55 bits per heavy atom. The summed E-state index contributed by atoms with van der Waals surface area (Å²) in [4.78, 5) is 23.1. The van der Waals surface area contributed by atoms with Crippen LogP contribution in [0, 0.1) is 11.6 Å². The van der Waals surface area contributed by atoms with E-state index in [2.05, 4.69) is 5.32 Å². The smallest absolute Gasteiger partial charge is 0.220 e. The lowest BCUT2D eigenvalue weighted by atomic mass is 10.1. The van der Waals surface area contributed by atoms with Crippen LogP contribution >= 0.6 is 0 Å². The second kappa shape index (κ2) is 8.37. The summed E-state index contributed by atoms with van der Waals surface area (Å²) in [6.07, 6.45) is 1.48. The molecular weight excluding hydrogens is 266 g/mol. The number of rotatable bonds is 8. The molecule has 0 aliphatic heterocycles. The summed E-state index contributed by atoms with van der Waals surface area (Å²) in [5.41, 5.74) is 5.12. The molecule has 0 spiro atoms. The van der Waals surface area contributed by atoms with E-state index in [1.165, 1.54) is 0 Å². The minimum Gasteiger partial charge on any atom is -0.356 e. The van der Waals surface area contributed by atoms with Gasteiger partial charge in [0.25, 0.3) is 0 Å². The number of benzene rings is 1. The average Bonchev–Trinajstić information content (AvgIpc) is 2.41. The van der Waals surface area contributed by atoms with Gasteiger partial charge in [-0.25, -0.2) is 8.78 Å². The number of carbonyl (C=O) groups excluding carboxylic acids is 2. The van der Waals surface area contributed by atoms with Gasteiger partial charge in [0.1, 0.15) is 11.6 Å². The number of hydrogen-bond acceptors (Lipinski definition) is 3. The van der Waals surface area contributed by atoms with Crippen molar-refractivity contribution in [1.82, 2.24) is 5.32 Å². The lowest BCUT2D eigenvalue weighted by Crippen LogP contribution is -2.25. The zero-order valence-corrected chi connectivity index (χ0v) is 11.1. The van der Waals surface area contributed by atoms with Gasteiger partial charge in [0.15, 0.2) is 5.78 Å². The van der Waals surface area contributed by atoms with E-state index in [0.29, 0.717) is 19.2 Å². The quantitative estimate of drug-likeness (QED) is 0.564. The van der Waals surface area contributed by atoms with Crippen LogP contribution in [0.5, 0.6) is 0 Å². The van der Waals surface area contributed by atoms with E-state index in [1.54, 1.807) is 0 Å². The second-order valence-electron chi connectivity index (χ2n) is 4.39. The third kappa shape index (κ3) is 5.44. The number of Topliss-reactive ketones (excluding diaryl/α,β-unsaturated/α-hetero) is 1. The summed E-state index contributed by atoms with van der Waals surface area (Å²) in [7, 11) is 0. The van der Waals surface area contributed by atoms with Crippen LogP contribution in [0.1, 0.15) is 36.0 Å². The van der Waals surface area contributed by atoms with Crippen LogP contribution in [0.15, 0.2) is 18.2 Å². The molecule has 1 aromatic rings. The molecule has 0 heterocycles. The van der Waals surface area contributed by atoms with Crippen molar-refractivity contribution in [3.63, 3.8) is 0 Å². The molecule has 0 bridgehead atoms. The molecule has 1 aromatic carbocycles. The van der Waals surface area contributed by atoms with Crippen molar-refractivity contribution >= 4 is 11.7 Å². The minimum atomic E-state index is -0.904. The van der Waals surface area contributed by atoms with E-state index < -0.39 is 17.4 Å². The van der Waals surface area contributed by atoms with Gasteiger partial charge >= 0.3 is 0 Å². The van der Waals surface area contributed by atoms with Crippen molar-refractivity contribution in [1.29, 1.82) is 0 Å². The zero-order chi connectivity index (χ0) is 15.0.